The summed E-state index contributed by atoms with van der Waals surface area (Å²) >= 11 is 6.24. The maximum Gasteiger partial charge on any atom is 0.331 e. The molecule has 150 valence electrons. The lowest BCUT2D eigenvalue weighted by Crippen LogP contribution is -2.46. The summed E-state index contributed by atoms with van der Waals surface area (Å²) in [6.45, 7) is 9.59. The van der Waals surface area contributed by atoms with Crippen molar-refractivity contribution in [3.05, 3.63) is 28.8 Å². The number of esters is 1. The van der Waals surface area contributed by atoms with Gasteiger partial charge in [0.05, 0.1) is 18.7 Å². The first-order valence-electron chi connectivity index (χ1n) is 8.78. The predicted molar refractivity (Wildman–Crippen MR) is 106 cm³/mol. The SMILES string of the molecule is CCCOc1c(Cl)cc(/C=C/C(=O)O[C@@H](C)C(=O)NC(C)(C)C)cc1OC. The van der Waals surface area contributed by atoms with Gasteiger partial charge in [-0.25, -0.2) is 4.79 Å². The highest BCUT2D eigenvalue weighted by Crippen LogP contribution is 2.36. The summed E-state index contributed by atoms with van der Waals surface area (Å²) in [5.74, 6) is -0.0468. The van der Waals surface area contributed by atoms with Crippen LogP contribution >= 0.6 is 11.6 Å². The van der Waals surface area contributed by atoms with Gasteiger partial charge < -0.3 is 19.5 Å². The quantitative estimate of drug-likeness (QED) is 0.530. The van der Waals surface area contributed by atoms with Gasteiger partial charge in [0.15, 0.2) is 17.6 Å². The van der Waals surface area contributed by atoms with Gasteiger partial charge in [0.25, 0.3) is 5.91 Å². The minimum absolute atomic E-state index is 0.355. The van der Waals surface area contributed by atoms with E-state index in [0.29, 0.717) is 28.7 Å². The van der Waals surface area contributed by atoms with Crippen LogP contribution in [0.1, 0.15) is 46.6 Å². The van der Waals surface area contributed by atoms with Crippen molar-refractivity contribution in [3.63, 3.8) is 0 Å². The van der Waals surface area contributed by atoms with Crippen molar-refractivity contribution < 1.29 is 23.8 Å². The normalized spacial score (nSPS) is 12.6. The molecule has 0 radical (unpaired) electrons. The fraction of sp³-hybridized carbons (Fsp3) is 0.500. The van der Waals surface area contributed by atoms with Crippen molar-refractivity contribution in [2.75, 3.05) is 13.7 Å². The molecule has 0 saturated heterocycles. The third kappa shape index (κ3) is 7.91. The molecule has 0 aliphatic rings. The molecule has 0 heterocycles. The van der Waals surface area contributed by atoms with Crippen molar-refractivity contribution in [1.82, 2.24) is 5.32 Å². The lowest BCUT2D eigenvalue weighted by Gasteiger charge is -2.22. The van der Waals surface area contributed by atoms with Gasteiger partial charge in [-0.3, -0.25) is 4.79 Å². The Bertz CT molecular complexity index is 694. The van der Waals surface area contributed by atoms with Gasteiger partial charge in [-0.05, 0) is 57.9 Å². The molecule has 6 nitrogen and oxygen atoms in total. The van der Waals surface area contributed by atoms with Crippen LogP contribution in [0.3, 0.4) is 0 Å². The number of ether oxygens (including phenoxy) is 3. The predicted octanol–water partition coefficient (Wildman–Crippen LogP) is 4.00. The van der Waals surface area contributed by atoms with Crippen LogP contribution in [0.4, 0.5) is 0 Å². The van der Waals surface area contributed by atoms with E-state index >= 15 is 0 Å². The molecule has 27 heavy (non-hydrogen) atoms. The number of nitrogens with one attached hydrogen (secondary N) is 1. The maximum atomic E-state index is 12.0. The Morgan fingerprint density at radius 3 is 2.52 bits per heavy atom. The molecule has 1 amide bonds. The number of carbonyl (C=O) groups excluding carboxylic acids is 2. The zero-order valence-corrected chi connectivity index (χ0v) is 17.5. The summed E-state index contributed by atoms with van der Waals surface area (Å²) in [4.78, 5) is 23.9. The van der Waals surface area contributed by atoms with Gasteiger partial charge in [-0.2, -0.15) is 0 Å². The average molecular weight is 398 g/mol. The highest BCUT2D eigenvalue weighted by molar-refractivity contribution is 6.32. The lowest BCUT2D eigenvalue weighted by atomic mass is 10.1. The minimum atomic E-state index is -0.899. The van der Waals surface area contributed by atoms with E-state index in [9.17, 15) is 9.59 Å². The Hall–Kier alpha value is -2.21. The van der Waals surface area contributed by atoms with Crippen molar-refractivity contribution in [2.24, 2.45) is 0 Å². The summed E-state index contributed by atoms with van der Waals surface area (Å²) in [7, 11) is 1.52. The molecule has 0 spiro atoms. The molecule has 7 heteroatoms. The standard InChI is InChI=1S/C20H28ClNO5/c1-7-10-26-18-15(21)11-14(12-16(18)25-6)8-9-17(23)27-13(2)19(24)22-20(3,4)5/h8-9,11-13H,7,10H2,1-6H3,(H,22,24)/b9-8+/t13-/m0/s1. The number of benzene rings is 1. The third-order valence-electron chi connectivity index (χ3n) is 3.27. The van der Waals surface area contributed by atoms with Crippen molar-refractivity contribution >= 4 is 29.6 Å². The Morgan fingerprint density at radius 1 is 1.30 bits per heavy atom. The van der Waals surface area contributed by atoms with Crippen LogP contribution in [0.5, 0.6) is 11.5 Å². The first kappa shape index (κ1) is 22.8. The van der Waals surface area contributed by atoms with E-state index < -0.39 is 17.6 Å². The molecule has 1 N–H and O–H groups in total. The Labute approximate surface area is 165 Å². The van der Waals surface area contributed by atoms with Crippen molar-refractivity contribution in [3.8, 4) is 11.5 Å². The highest BCUT2D eigenvalue weighted by atomic mass is 35.5. The third-order valence-corrected chi connectivity index (χ3v) is 3.56. The molecule has 1 aromatic carbocycles. The summed E-state index contributed by atoms with van der Waals surface area (Å²) in [6.07, 6.45) is 2.71. The van der Waals surface area contributed by atoms with E-state index in [-0.39, 0.29) is 5.91 Å². The second-order valence-electron chi connectivity index (χ2n) is 7.03. The van der Waals surface area contributed by atoms with Gasteiger partial charge in [0, 0.05) is 11.6 Å². The average Bonchev–Trinajstić information content (AvgIpc) is 2.57. The summed E-state index contributed by atoms with van der Waals surface area (Å²) in [6, 6.07) is 3.37. The molecular formula is C20H28ClNO5. The van der Waals surface area contributed by atoms with Crippen LogP contribution in [-0.2, 0) is 14.3 Å². The van der Waals surface area contributed by atoms with Crippen LogP contribution in [0, 0.1) is 0 Å². The smallest absolute Gasteiger partial charge is 0.331 e. The van der Waals surface area contributed by atoms with E-state index in [2.05, 4.69) is 5.32 Å². The zero-order valence-electron chi connectivity index (χ0n) is 16.7. The van der Waals surface area contributed by atoms with E-state index in [1.165, 1.54) is 26.2 Å². The van der Waals surface area contributed by atoms with Crippen molar-refractivity contribution in [1.29, 1.82) is 0 Å². The van der Waals surface area contributed by atoms with Gasteiger partial charge in [0.1, 0.15) is 0 Å². The first-order valence-corrected chi connectivity index (χ1v) is 9.16. The van der Waals surface area contributed by atoms with E-state index in [1.54, 1.807) is 12.1 Å². The maximum absolute atomic E-state index is 12.0. The number of hydrogen-bond donors (Lipinski definition) is 1. The minimum Gasteiger partial charge on any atom is -0.493 e. The van der Waals surface area contributed by atoms with Gasteiger partial charge in [0.2, 0.25) is 0 Å². The molecule has 0 aliphatic heterocycles. The number of carbonyl (C=O) groups is 2. The van der Waals surface area contributed by atoms with Crippen molar-refractivity contribution in [2.45, 2.75) is 52.7 Å². The number of halogens is 1. The summed E-state index contributed by atoms with van der Waals surface area (Å²) < 4.78 is 16.0. The molecule has 0 bridgehead atoms. The molecule has 1 rings (SSSR count). The Kier molecular flexibility index (Phi) is 8.63. The molecular weight excluding hydrogens is 370 g/mol. The molecule has 1 atom stereocenters. The van der Waals surface area contributed by atoms with Crippen LogP contribution in [-0.4, -0.2) is 37.2 Å². The fourth-order valence-electron chi connectivity index (χ4n) is 2.08. The molecule has 0 aliphatic carbocycles. The number of hydrogen-bond acceptors (Lipinski definition) is 5. The molecule has 0 aromatic heterocycles. The second-order valence-corrected chi connectivity index (χ2v) is 7.44. The summed E-state index contributed by atoms with van der Waals surface area (Å²) in [5, 5.41) is 3.14. The lowest BCUT2D eigenvalue weighted by molar-refractivity contribution is -0.150. The van der Waals surface area contributed by atoms with E-state index in [4.69, 9.17) is 25.8 Å². The van der Waals surface area contributed by atoms with E-state index in [0.717, 1.165) is 6.42 Å². The fourth-order valence-corrected chi connectivity index (χ4v) is 2.36. The van der Waals surface area contributed by atoms with Gasteiger partial charge >= 0.3 is 5.97 Å². The number of rotatable bonds is 8. The van der Waals surface area contributed by atoms with Gasteiger partial charge in [-0.15, -0.1) is 0 Å². The largest absolute Gasteiger partial charge is 0.493 e. The highest BCUT2D eigenvalue weighted by Gasteiger charge is 2.21. The monoisotopic (exact) mass is 397 g/mol. The second kappa shape index (κ2) is 10.2. The van der Waals surface area contributed by atoms with E-state index in [1.807, 2.05) is 27.7 Å². The summed E-state index contributed by atoms with van der Waals surface area (Å²) in [5.41, 5.74) is 0.243. The topological polar surface area (TPSA) is 73.9 Å². The molecule has 1 aromatic rings. The molecule has 0 saturated carbocycles. The van der Waals surface area contributed by atoms with Crippen LogP contribution in [0.2, 0.25) is 5.02 Å². The van der Waals surface area contributed by atoms with Crippen LogP contribution < -0.4 is 14.8 Å². The first-order chi connectivity index (χ1) is 12.6. The van der Waals surface area contributed by atoms with Crippen LogP contribution in [0.25, 0.3) is 6.08 Å². The van der Waals surface area contributed by atoms with Gasteiger partial charge in [-0.1, -0.05) is 18.5 Å². The van der Waals surface area contributed by atoms with Crippen LogP contribution in [0.15, 0.2) is 18.2 Å². The Morgan fingerprint density at radius 2 is 1.96 bits per heavy atom. The zero-order chi connectivity index (χ0) is 20.6. The molecule has 0 fully saturated rings. The number of amides is 1. The molecule has 0 unspecified atom stereocenters. The number of methoxy groups -OCH3 is 1. The Balaban J connectivity index is 2.79.